The molecule has 0 heterocycles. The van der Waals surface area contributed by atoms with Gasteiger partial charge in [-0.2, -0.15) is 0 Å². The van der Waals surface area contributed by atoms with Crippen LogP contribution in [0.25, 0.3) is 10.4 Å². The van der Waals surface area contributed by atoms with Crippen molar-refractivity contribution in [2.24, 2.45) is 5.11 Å². The van der Waals surface area contributed by atoms with Crippen molar-refractivity contribution in [1.82, 2.24) is 0 Å². The fraction of sp³-hybridized carbons (Fsp3) is 0.455. The number of anilines is 1. The van der Waals surface area contributed by atoms with E-state index in [2.05, 4.69) is 10.0 Å². The topological polar surface area (TPSA) is 113 Å². The van der Waals surface area contributed by atoms with Gasteiger partial charge in [0.2, 0.25) is 0 Å². The molecule has 0 aliphatic rings. The summed E-state index contributed by atoms with van der Waals surface area (Å²) in [6, 6.07) is 5.11. The Morgan fingerprint density at radius 3 is 2.89 bits per heavy atom. The minimum absolute atomic E-state index is 0.0562. The van der Waals surface area contributed by atoms with Gasteiger partial charge in [0.25, 0.3) is 0 Å². The standard InChI is InChI=1S/C11H16N4O3/c12-10-2-1-9(8-16)7-11(10)18-6-5-17-4-3-14-15-13/h1-2,7,16H,3-6,8,12H2. The highest BCUT2D eigenvalue weighted by atomic mass is 16.5. The SMILES string of the molecule is [N-]=[N+]=NCCOCCOc1cc(CO)ccc1N. The highest BCUT2D eigenvalue weighted by Crippen LogP contribution is 2.22. The van der Waals surface area contributed by atoms with E-state index in [-0.39, 0.29) is 6.61 Å². The molecule has 0 saturated heterocycles. The second kappa shape index (κ2) is 8.19. The summed E-state index contributed by atoms with van der Waals surface area (Å²) in [7, 11) is 0. The molecule has 0 aromatic heterocycles. The average Bonchev–Trinajstić information content (AvgIpc) is 2.39. The van der Waals surface area contributed by atoms with Gasteiger partial charge >= 0.3 is 0 Å². The number of nitrogen functional groups attached to an aromatic ring is 1. The molecule has 1 rings (SSSR count). The van der Waals surface area contributed by atoms with Gasteiger partial charge in [-0.05, 0) is 23.2 Å². The summed E-state index contributed by atoms with van der Waals surface area (Å²) in [5, 5.41) is 12.3. The van der Waals surface area contributed by atoms with Crippen LogP contribution in [0.15, 0.2) is 23.3 Å². The summed E-state index contributed by atoms with van der Waals surface area (Å²) in [6.45, 7) is 1.33. The zero-order valence-corrected chi connectivity index (χ0v) is 9.95. The molecule has 0 saturated carbocycles. The molecule has 1 aromatic rings. The first-order chi connectivity index (χ1) is 8.77. The Bertz CT molecular complexity index is 419. The lowest BCUT2D eigenvalue weighted by molar-refractivity contribution is 0.106. The van der Waals surface area contributed by atoms with E-state index in [1.807, 2.05) is 0 Å². The van der Waals surface area contributed by atoms with Crippen LogP contribution >= 0.6 is 0 Å². The van der Waals surface area contributed by atoms with Crippen molar-refractivity contribution < 1.29 is 14.6 Å². The lowest BCUT2D eigenvalue weighted by Gasteiger charge is -2.10. The molecule has 0 unspecified atom stereocenters. The van der Waals surface area contributed by atoms with Gasteiger partial charge in [-0.15, -0.1) is 0 Å². The first kappa shape index (κ1) is 14.1. The number of ether oxygens (including phenoxy) is 2. The molecule has 7 heteroatoms. The number of nitrogens with zero attached hydrogens (tertiary/aromatic N) is 3. The normalized spacial score (nSPS) is 9.83. The maximum absolute atomic E-state index is 8.98. The lowest BCUT2D eigenvalue weighted by Crippen LogP contribution is -2.09. The van der Waals surface area contributed by atoms with Crippen molar-refractivity contribution >= 4 is 5.69 Å². The van der Waals surface area contributed by atoms with Gasteiger partial charge in [0, 0.05) is 11.5 Å². The number of benzene rings is 1. The fourth-order valence-electron chi connectivity index (χ4n) is 1.26. The van der Waals surface area contributed by atoms with E-state index in [0.717, 1.165) is 5.56 Å². The molecule has 0 radical (unpaired) electrons. The molecule has 0 spiro atoms. The molecule has 0 aliphatic heterocycles. The Labute approximate surface area is 105 Å². The van der Waals surface area contributed by atoms with Gasteiger partial charge in [-0.25, -0.2) is 0 Å². The Morgan fingerprint density at radius 1 is 1.33 bits per heavy atom. The highest BCUT2D eigenvalue weighted by molar-refractivity contribution is 5.53. The predicted octanol–water partition coefficient (Wildman–Crippen LogP) is 1.47. The van der Waals surface area contributed by atoms with Crippen LogP contribution in [0.1, 0.15) is 5.56 Å². The zero-order valence-electron chi connectivity index (χ0n) is 9.95. The molecule has 0 bridgehead atoms. The van der Waals surface area contributed by atoms with Crippen LogP contribution in [-0.2, 0) is 11.3 Å². The highest BCUT2D eigenvalue weighted by Gasteiger charge is 2.01. The first-order valence-electron chi connectivity index (χ1n) is 5.48. The number of hydrogen-bond donors (Lipinski definition) is 2. The van der Waals surface area contributed by atoms with Crippen LogP contribution in [0.3, 0.4) is 0 Å². The Morgan fingerprint density at radius 2 is 2.17 bits per heavy atom. The minimum Gasteiger partial charge on any atom is -0.489 e. The Balaban J connectivity index is 2.28. The summed E-state index contributed by atoms with van der Waals surface area (Å²) in [5.41, 5.74) is 15.0. The number of rotatable bonds is 8. The summed E-state index contributed by atoms with van der Waals surface area (Å²) < 4.78 is 10.6. The quantitative estimate of drug-likeness (QED) is 0.240. The smallest absolute Gasteiger partial charge is 0.142 e. The Kier molecular flexibility index (Phi) is 6.42. The molecule has 1 aromatic carbocycles. The largest absolute Gasteiger partial charge is 0.489 e. The summed E-state index contributed by atoms with van der Waals surface area (Å²) in [4.78, 5) is 2.61. The van der Waals surface area contributed by atoms with Gasteiger partial charge in [0.15, 0.2) is 0 Å². The number of azide groups is 1. The molecule has 0 amide bonds. The first-order valence-corrected chi connectivity index (χ1v) is 5.48. The second-order valence-electron chi connectivity index (χ2n) is 3.45. The Hall–Kier alpha value is -1.95. The van der Waals surface area contributed by atoms with Gasteiger partial charge in [0.1, 0.15) is 12.4 Å². The van der Waals surface area contributed by atoms with Crippen LogP contribution in [0, 0.1) is 0 Å². The van der Waals surface area contributed by atoms with Crippen molar-refractivity contribution in [2.45, 2.75) is 6.61 Å². The van der Waals surface area contributed by atoms with Crippen LogP contribution in [0.4, 0.5) is 5.69 Å². The maximum atomic E-state index is 8.98. The van der Waals surface area contributed by atoms with Crippen LogP contribution in [0.5, 0.6) is 5.75 Å². The van der Waals surface area contributed by atoms with Crippen LogP contribution in [-0.4, -0.2) is 31.5 Å². The number of nitrogens with two attached hydrogens (primary N) is 1. The van der Waals surface area contributed by atoms with Gasteiger partial charge in [-0.3, -0.25) is 0 Å². The molecule has 98 valence electrons. The van der Waals surface area contributed by atoms with E-state index in [4.69, 9.17) is 25.8 Å². The van der Waals surface area contributed by atoms with E-state index in [1.165, 1.54) is 0 Å². The molecule has 0 aliphatic carbocycles. The third kappa shape index (κ3) is 4.92. The zero-order chi connectivity index (χ0) is 13.2. The maximum Gasteiger partial charge on any atom is 0.142 e. The van der Waals surface area contributed by atoms with Crippen molar-refractivity contribution in [1.29, 1.82) is 0 Å². The average molecular weight is 252 g/mol. The number of aliphatic hydroxyl groups excluding tert-OH is 1. The van der Waals surface area contributed by atoms with Crippen molar-refractivity contribution in [2.75, 3.05) is 32.1 Å². The second-order valence-corrected chi connectivity index (χ2v) is 3.45. The van der Waals surface area contributed by atoms with Crippen LogP contribution < -0.4 is 10.5 Å². The fourth-order valence-corrected chi connectivity index (χ4v) is 1.26. The molecule has 3 N–H and O–H groups in total. The molecular formula is C11H16N4O3. The van der Waals surface area contributed by atoms with E-state index >= 15 is 0 Å². The van der Waals surface area contributed by atoms with Crippen molar-refractivity contribution in [3.8, 4) is 5.75 Å². The van der Waals surface area contributed by atoms with E-state index in [0.29, 0.717) is 37.8 Å². The third-order valence-corrected chi connectivity index (χ3v) is 2.14. The molecule has 7 nitrogen and oxygen atoms in total. The summed E-state index contributed by atoms with van der Waals surface area (Å²) in [5.74, 6) is 0.528. The van der Waals surface area contributed by atoms with E-state index < -0.39 is 0 Å². The van der Waals surface area contributed by atoms with E-state index in [9.17, 15) is 0 Å². The van der Waals surface area contributed by atoms with Crippen LogP contribution in [0.2, 0.25) is 0 Å². The number of hydrogen-bond acceptors (Lipinski definition) is 5. The van der Waals surface area contributed by atoms with Crippen molar-refractivity contribution in [3.63, 3.8) is 0 Å². The predicted molar refractivity (Wildman–Crippen MR) is 67.1 cm³/mol. The monoisotopic (exact) mass is 252 g/mol. The summed E-state index contributed by atoms with van der Waals surface area (Å²) in [6.07, 6.45) is 0. The van der Waals surface area contributed by atoms with Crippen molar-refractivity contribution in [3.05, 3.63) is 34.2 Å². The minimum atomic E-state index is -0.0562. The van der Waals surface area contributed by atoms with Gasteiger partial charge < -0.3 is 20.3 Å². The van der Waals surface area contributed by atoms with Gasteiger partial charge in [-0.1, -0.05) is 11.2 Å². The molecular weight excluding hydrogens is 236 g/mol. The third-order valence-electron chi connectivity index (χ3n) is 2.14. The molecule has 0 fully saturated rings. The molecule has 18 heavy (non-hydrogen) atoms. The van der Waals surface area contributed by atoms with Gasteiger partial charge in [0.05, 0.1) is 25.5 Å². The summed E-state index contributed by atoms with van der Waals surface area (Å²) >= 11 is 0. The lowest BCUT2D eigenvalue weighted by atomic mass is 10.2. The molecule has 0 atom stereocenters. The number of aliphatic hydroxyl groups is 1. The van der Waals surface area contributed by atoms with E-state index in [1.54, 1.807) is 18.2 Å².